The van der Waals surface area contributed by atoms with E-state index in [1.54, 1.807) is 36.0 Å². The van der Waals surface area contributed by atoms with Crippen LogP contribution >= 0.6 is 11.6 Å². The molecule has 0 aliphatic carbocycles. The third-order valence-corrected chi connectivity index (χ3v) is 5.67. The van der Waals surface area contributed by atoms with Gasteiger partial charge in [0.05, 0.1) is 34.4 Å². The Morgan fingerprint density at radius 3 is 2.83 bits per heavy atom. The third kappa shape index (κ3) is 4.97. The van der Waals surface area contributed by atoms with Crippen LogP contribution in [0.3, 0.4) is 0 Å². The van der Waals surface area contributed by atoms with Gasteiger partial charge in [-0.15, -0.1) is 5.10 Å². The molecule has 2 aromatic carbocycles. The number of fused-ring (bicyclic) bond motifs is 2. The van der Waals surface area contributed by atoms with E-state index in [0.717, 1.165) is 22.0 Å². The van der Waals surface area contributed by atoms with Crippen LogP contribution in [-0.2, 0) is 11.4 Å². The van der Waals surface area contributed by atoms with E-state index in [-0.39, 0.29) is 17.2 Å². The van der Waals surface area contributed by atoms with E-state index >= 15 is 0 Å². The number of amides is 1. The molecule has 0 aliphatic rings. The molecule has 3 heterocycles. The first-order chi connectivity index (χ1) is 17.0. The van der Waals surface area contributed by atoms with Gasteiger partial charge in [-0.25, -0.2) is 15.1 Å². The maximum atomic E-state index is 12.3. The molecule has 9 nitrogen and oxygen atoms in total. The van der Waals surface area contributed by atoms with E-state index in [0.29, 0.717) is 23.4 Å². The monoisotopic (exact) mass is 488 g/mol. The second-order valence-electron chi connectivity index (χ2n) is 8.10. The van der Waals surface area contributed by atoms with Gasteiger partial charge in [0.15, 0.2) is 5.65 Å². The molecule has 0 unspecified atom stereocenters. The van der Waals surface area contributed by atoms with Gasteiger partial charge in [0.25, 0.3) is 5.91 Å². The van der Waals surface area contributed by atoms with Gasteiger partial charge in [-0.3, -0.25) is 14.6 Å². The number of pyridine rings is 2. The second-order valence-corrected chi connectivity index (χ2v) is 8.51. The van der Waals surface area contributed by atoms with Gasteiger partial charge in [0, 0.05) is 17.1 Å². The van der Waals surface area contributed by atoms with Crippen LogP contribution in [0.4, 0.5) is 0 Å². The topological polar surface area (TPSA) is 115 Å². The number of carbonyl (C=O) groups excluding carboxylic acids is 1. The van der Waals surface area contributed by atoms with Crippen LogP contribution in [0.2, 0.25) is 5.02 Å². The summed E-state index contributed by atoms with van der Waals surface area (Å²) in [6.07, 6.45) is 1.07. The highest BCUT2D eigenvalue weighted by Gasteiger charge is 2.14. The van der Waals surface area contributed by atoms with Crippen molar-refractivity contribution in [3.8, 4) is 11.3 Å². The molecule has 0 fully saturated rings. The molecule has 0 aliphatic heterocycles. The molecule has 3 aromatic heterocycles. The normalized spacial score (nSPS) is 12.2. The fourth-order valence-corrected chi connectivity index (χ4v) is 3.92. The summed E-state index contributed by atoms with van der Waals surface area (Å²) in [5, 5.41) is 19.1. The number of aromatic nitrogens is 5. The van der Waals surface area contributed by atoms with Crippen molar-refractivity contribution in [2.24, 2.45) is 0 Å². The second kappa shape index (κ2) is 9.75. The van der Waals surface area contributed by atoms with Crippen LogP contribution in [0.15, 0.2) is 66.9 Å². The third-order valence-electron chi connectivity index (χ3n) is 5.36. The zero-order chi connectivity index (χ0) is 24.4. The van der Waals surface area contributed by atoms with Gasteiger partial charge in [-0.05, 0) is 55.0 Å². The maximum Gasteiger partial charge on any atom is 0.276 e. The van der Waals surface area contributed by atoms with E-state index in [1.165, 1.54) is 0 Å². The highest BCUT2D eigenvalue weighted by Crippen LogP contribution is 2.26. The van der Waals surface area contributed by atoms with Crippen LogP contribution < -0.4 is 5.48 Å². The van der Waals surface area contributed by atoms with Crippen molar-refractivity contribution < 1.29 is 14.7 Å². The number of aliphatic hydroxyl groups is 1. The average Bonchev–Trinajstić information content (AvgIpc) is 3.25. The van der Waals surface area contributed by atoms with Crippen LogP contribution in [0.5, 0.6) is 0 Å². The Balaban J connectivity index is 1.40. The summed E-state index contributed by atoms with van der Waals surface area (Å²) in [5.41, 5.74) is 7.23. The van der Waals surface area contributed by atoms with Gasteiger partial charge in [-0.2, -0.15) is 0 Å². The molecule has 0 spiro atoms. The lowest BCUT2D eigenvalue weighted by Crippen LogP contribution is -2.27. The predicted octanol–water partition coefficient (Wildman–Crippen LogP) is 3.79. The standard InChI is InChI=1S/C25H21ClN6O3/c1-15(33)14-35-30-25(34)19-6-5-18(12-20(19)26)22-8-9-23-24(28-22)32(31-29-23)13-16-4-7-21-17(11-16)3-2-10-27-21/h2-12,15,33H,13-14H2,1H3,(H,30,34)/t15-/m0/s1. The van der Waals surface area contributed by atoms with Crippen molar-refractivity contribution >= 4 is 39.6 Å². The Hall–Kier alpha value is -3.92. The van der Waals surface area contributed by atoms with Crippen LogP contribution in [-0.4, -0.2) is 48.7 Å². The minimum atomic E-state index is -0.699. The summed E-state index contributed by atoms with van der Waals surface area (Å²) in [4.78, 5) is 26.4. The molecular formula is C25H21ClN6O3. The number of hydrogen-bond acceptors (Lipinski definition) is 7. The lowest BCUT2D eigenvalue weighted by Gasteiger charge is -2.10. The smallest absolute Gasteiger partial charge is 0.276 e. The average molecular weight is 489 g/mol. The summed E-state index contributed by atoms with van der Waals surface area (Å²) in [6, 6.07) is 18.7. The van der Waals surface area contributed by atoms with E-state index in [9.17, 15) is 9.90 Å². The number of nitrogens with zero attached hydrogens (tertiary/aromatic N) is 5. The molecule has 0 bridgehead atoms. The Bertz CT molecular complexity index is 1530. The van der Waals surface area contributed by atoms with Crippen molar-refractivity contribution in [3.63, 3.8) is 0 Å². The number of benzene rings is 2. The van der Waals surface area contributed by atoms with Crippen molar-refractivity contribution in [2.45, 2.75) is 19.6 Å². The quantitative estimate of drug-likeness (QED) is 0.335. The van der Waals surface area contributed by atoms with Crippen LogP contribution in [0.1, 0.15) is 22.8 Å². The molecule has 5 rings (SSSR count). The highest BCUT2D eigenvalue weighted by molar-refractivity contribution is 6.34. The van der Waals surface area contributed by atoms with E-state index in [1.807, 2.05) is 36.4 Å². The molecule has 0 saturated carbocycles. The van der Waals surface area contributed by atoms with Crippen LogP contribution in [0, 0.1) is 0 Å². The van der Waals surface area contributed by atoms with Gasteiger partial charge >= 0.3 is 0 Å². The van der Waals surface area contributed by atoms with E-state index < -0.39 is 12.0 Å². The van der Waals surface area contributed by atoms with Gasteiger partial charge < -0.3 is 5.11 Å². The minimum Gasteiger partial charge on any atom is -0.391 e. The number of rotatable bonds is 7. The lowest BCUT2D eigenvalue weighted by molar-refractivity contribution is -0.00686. The van der Waals surface area contributed by atoms with Crippen molar-refractivity contribution in [2.75, 3.05) is 6.61 Å². The predicted molar refractivity (Wildman–Crippen MR) is 132 cm³/mol. The molecule has 0 saturated heterocycles. The zero-order valence-electron chi connectivity index (χ0n) is 18.7. The summed E-state index contributed by atoms with van der Waals surface area (Å²) >= 11 is 6.37. The molecule has 0 radical (unpaired) electrons. The number of hydrogen-bond donors (Lipinski definition) is 2. The molecule has 2 N–H and O–H groups in total. The summed E-state index contributed by atoms with van der Waals surface area (Å²) in [6.45, 7) is 2.03. The number of carbonyl (C=O) groups is 1. The Labute approximate surface area is 205 Å². The molecular weight excluding hydrogens is 468 g/mol. The van der Waals surface area contributed by atoms with Gasteiger partial charge in [0.2, 0.25) is 0 Å². The number of halogens is 1. The lowest BCUT2D eigenvalue weighted by atomic mass is 10.1. The van der Waals surface area contributed by atoms with Crippen LogP contribution in [0.25, 0.3) is 33.3 Å². The molecule has 5 aromatic rings. The first kappa shape index (κ1) is 22.9. The fourth-order valence-electron chi connectivity index (χ4n) is 3.66. The summed E-state index contributed by atoms with van der Waals surface area (Å²) in [5.74, 6) is -0.501. The molecule has 1 atom stereocenters. The van der Waals surface area contributed by atoms with Crippen molar-refractivity contribution in [1.82, 2.24) is 30.4 Å². The highest BCUT2D eigenvalue weighted by atomic mass is 35.5. The zero-order valence-corrected chi connectivity index (χ0v) is 19.5. The molecule has 1 amide bonds. The first-order valence-electron chi connectivity index (χ1n) is 10.9. The minimum absolute atomic E-state index is 0.0246. The summed E-state index contributed by atoms with van der Waals surface area (Å²) in [7, 11) is 0. The maximum absolute atomic E-state index is 12.3. The van der Waals surface area contributed by atoms with Gasteiger partial charge in [-0.1, -0.05) is 35.0 Å². The largest absolute Gasteiger partial charge is 0.391 e. The Morgan fingerprint density at radius 1 is 1.14 bits per heavy atom. The first-order valence-corrected chi connectivity index (χ1v) is 11.3. The Morgan fingerprint density at radius 2 is 2.00 bits per heavy atom. The van der Waals surface area contributed by atoms with E-state index in [2.05, 4.69) is 26.8 Å². The van der Waals surface area contributed by atoms with Crippen molar-refractivity contribution in [1.29, 1.82) is 0 Å². The van der Waals surface area contributed by atoms with Gasteiger partial charge in [0.1, 0.15) is 12.1 Å². The molecule has 176 valence electrons. The molecule has 10 heteroatoms. The molecule has 35 heavy (non-hydrogen) atoms. The Kier molecular flexibility index (Phi) is 6.37. The SMILES string of the molecule is C[C@H](O)CONC(=O)c1ccc(-c2ccc3nnn(Cc4ccc5ncccc5c4)c3n2)cc1Cl. The van der Waals surface area contributed by atoms with Crippen molar-refractivity contribution in [3.05, 3.63) is 83.0 Å². The number of nitrogens with one attached hydrogen (secondary N) is 1. The number of aliphatic hydroxyl groups excluding tert-OH is 1. The number of hydroxylamine groups is 1. The van der Waals surface area contributed by atoms with E-state index in [4.69, 9.17) is 21.4 Å². The fraction of sp³-hybridized carbons (Fsp3) is 0.160. The summed E-state index contributed by atoms with van der Waals surface area (Å²) < 4.78 is 1.75.